The Kier molecular flexibility index (Phi) is 3.28. The van der Waals surface area contributed by atoms with E-state index in [1.807, 2.05) is 37.4 Å². The van der Waals surface area contributed by atoms with Gasteiger partial charge in [-0.1, -0.05) is 48.0 Å². The third kappa shape index (κ3) is 2.00. The number of aromatic nitrogens is 1. The SMILES string of the molecule is Cn1c2c(c3c(Cl)cccc31)[C@@H](c1ccccc1)CC(=O)S2. The highest BCUT2D eigenvalue weighted by molar-refractivity contribution is 8.13. The lowest BCUT2D eigenvalue weighted by Gasteiger charge is -2.23. The summed E-state index contributed by atoms with van der Waals surface area (Å²) >= 11 is 7.83. The van der Waals surface area contributed by atoms with Crippen molar-refractivity contribution in [2.45, 2.75) is 17.4 Å². The minimum atomic E-state index is 0.0774. The molecule has 2 nitrogen and oxygen atoms in total. The van der Waals surface area contributed by atoms with Crippen molar-refractivity contribution < 1.29 is 4.79 Å². The summed E-state index contributed by atoms with van der Waals surface area (Å²) in [5, 5.41) is 3.07. The van der Waals surface area contributed by atoms with Crippen LogP contribution in [-0.2, 0) is 11.8 Å². The van der Waals surface area contributed by atoms with E-state index in [0.717, 1.165) is 21.0 Å². The summed E-state index contributed by atoms with van der Waals surface area (Å²) in [6.45, 7) is 0. The normalized spacial score (nSPS) is 17.7. The molecular weight excluding hydrogens is 314 g/mol. The molecule has 4 heteroatoms. The third-order valence-electron chi connectivity index (χ3n) is 4.29. The molecule has 0 fully saturated rings. The van der Waals surface area contributed by atoms with E-state index in [-0.39, 0.29) is 11.0 Å². The van der Waals surface area contributed by atoms with Crippen LogP contribution in [0.15, 0.2) is 53.6 Å². The second-order valence-electron chi connectivity index (χ2n) is 5.55. The van der Waals surface area contributed by atoms with Gasteiger partial charge in [-0.05, 0) is 29.5 Å². The van der Waals surface area contributed by atoms with E-state index < -0.39 is 0 Å². The van der Waals surface area contributed by atoms with Crippen molar-refractivity contribution in [3.05, 3.63) is 64.7 Å². The van der Waals surface area contributed by atoms with Gasteiger partial charge in [0, 0.05) is 30.3 Å². The van der Waals surface area contributed by atoms with Gasteiger partial charge in [0.15, 0.2) is 5.12 Å². The zero-order chi connectivity index (χ0) is 15.3. The second kappa shape index (κ2) is 5.18. The fourth-order valence-electron chi connectivity index (χ4n) is 3.29. The standard InChI is InChI=1S/C18H14ClNOS/c1-20-14-9-5-8-13(19)17(14)16-12(10-15(21)22-18(16)20)11-6-3-2-4-7-11/h2-9,12H,10H2,1H3/t12-/m1/s1. The molecular formula is C18H14ClNOS. The molecule has 0 saturated heterocycles. The number of carbonyl (C=O) groups excluding carboxylic acids is 1. The first kappa shape index (κ1) is 13.9. The van der Waals surface area contributed by atoms with Gasteiger partial charge >= 0.3 is 0 Å². The molecule has 0 saturated carbocycles. The molecule has 3 aromatic rings. The summed E-state index contributed by atoms with van der Waals surface area (Å²) in [6, 6.07) is 16.2. The van der Waals surface area contributed by atoms with Crippen molar-refractivity contribution in [1.82, 2.24) is 4.57 Å². The van der Waals surface area contributed by atoms with Crippen molar-refractivity contribution in [3.8, 4) is 0 Å². The number of carbonyl (C=O) groups is 1. The molecule has 0 bridgehead atoms. The number of fused-ring (bicyclic) bond motifs is 3. The fraction of sp³-hybridized carbons (Fsp3) is 0.167. The summed E-state index contributed by atoms with van der Waals surface area (Å²) in [4.78, 5) is 12.2. The lowest BCUT2D eigenvalue weighted by atomic mass is 9.88. The second-order valence-corrected chi connectivity index (χ2v) is 7.01. The van der Waals surface area contributed by atoms with Crippen LogP contribution in [0.5, 0.6) is 0 Å². The van der Waals surface area contributed by atoms with E-state index in [0.29, 0.717) is 6.42 Å². The van der Waals surface area contributed by atoms with Crippen molar-refractivity contribution in [2.75, 3.05) is 0 Å². The highest BCUT2D eigenvalue weighted by atomic mass is 35.5. The lowest BCUT2D eigenvalue weighted by molar-refractivity contribution is -0.111. The molecule has 0 radical (unpaired) electrons. The molecule has 4 rings (SSSR count). The highest BCUT2D eigenvalue weighted by Gasteiger charge is 2.33. The monoisotopic (exact) mass is 327 g/mol. The maximum absolute atomic E-state index is 12.2. The van der Waals surface area contributed by atoms with Gasteiger partial charge in [-0.25, -0.2) is 0 Å². The molecule has 0 aliphatic carbocycles. The van der Waals surface area contributed by atoms with Gasteiger partial charge < -0.3 is 4.57 Å². The Morgan fingerprint density at radius 1 is 1.14 bits per heavy atom. The molecule has 1 aliphatic heterocycles. The molecule has 2 heterocycles. The van der Waals surface area contributed by atoms with E-state index >= 15 is 0 Å². The average molecular weight is 328 g/mol. The molecule has 1 atom stereocenters. The maximum atomic E-state index is 12.2. The predicted octanol–water partition coefficient (Wildman–Crippen LogP) is 4.99. The molecule has 0 amide bonds. The van der Waals surface area contributed by atoms with Crippen molar-refractivity contribution in [3.63, 3.8) is 0 Å². The summed E-state index contributed by atoms with van der Waals surface area (Å²) in [5.74, 6) is 0.0774. The molecule has 2 aromatic carbocycles. The Balaban J connectivity index is 2.06. The molecule has 1 aromatic heterocycles. The van der Waals surface area contributed by atoms with Crippen LogP contribution in [0.2, 0.25) is 5.02 Å². The van der Waals surface area contributed by atoms with Gasteiger partial charge in [0.05, 0.1) is 15.6 Å². The van der Waals surface area contributed by atoms with E-state index in [4.69, 9.17) is 11.6 Å². The molecule has 0 unspecified atom stereocenters. The smallest absolute Gasteiger partial charge is 0.196 e. The molecule has 110 valence electrons. The zero-order valence-electron chi connectivity index (χ0n) is 12.0. The average Bonchev–Trinajstić information content (AvgIpc) is 2.82. The number of thioether (sulfide) groups is 1. The minimum Gasteiger partial charge on any atom is -0.338 e. The van der Waals surface area contributed by atoms with E-state index in [1.165, 1.54) is 22.9 Å². The Labute approximate surface area is 138 Å². The van der Waals surface area contributed by atoms with E-state index in [9.17, 15) is 4.79 Å². The van der Waals surface area contributed by atoms with Gasteiger partial charge in [0.2, 0.25) is 0 Å². The number of benzene rings is 2. The summed E-state index contributed by atoms with van der Waals surface area (Å²) < 4.78 is 2.09. The van der Waals surface area contributed by atoms with Crippen LogP contribution in [0.3, 0.4) is 0 Å². The Hall–Kier alpha value is -1.71. The number of hydrogen-bond donors (Lipinski definition) is 0. The van der Waals surface area contributed by atoms with Gasteiger partial charge in [-0.3, -0.25) is 4.79 Å². The minimum absolute atomic E-state index is 0.0774. The van der Waals surface area contributed by atoms with Crippen LogP contribution in [0.1, 0.15) is 23.5 Å². The predicted molar refractivity (Wildman–Crippen MR) is 91.7 cm³/mol. The Morgan fingerprint density at radius 3 is 2.68 bits per heavy atom. The first-order chi connectivity index (χ1) is 10.7. The molecule has 1 aliphatic rings. The summed E-state index contributed by atoms with van der Waals surface area (Å²) in [5.41, 5.74) is 3.45. The zero-order valence-corrected chi connectivity index (χ0v) is 13.6. The fourth-order valence-corrected chi connectivity index (χ4v) is 4.62. The Bertz CT molecular complexity index is 885. The summed E-state index contributed by atoms with van der Waals surface area (Å²) in [6.07, 6.45) is 0.520. The molecule has 0 N–H and O–H groups in total. The number of aryl methyl sites for hydroxylation is 1. The van der Waals surface area contributed by atoms with Gasteiger partial charge in [0.1, 0.15) is 0 Å². The number of rotatable bonds is 1. The van der Waals surface area contributed by atoms with Crippen LogP contribution >= 0.6 is 23.4 Å². The lowest BCUT2D eigenvalue weighted by Crippen LogP contribution is -2.13. The molecule has 22 heavy (non-hydrogen) atoms. The van der Waals surface area contributed by atoms with Crippen molar-refractivity contribution in [2.24, 2.45) is 7.05 Å². The number of halogens is 1. The quantitative estimate of drug-likeness (QED) is 0.628. The van der Waals surface area contributed by atoms with E-state index in [2.05, 4.69) is 22.8 Å². The maximum Gasteiger partial charge on any atom is 0.196 e. The van der Waals surface area contributed by atoms with Crippen molar-refractivity contribution in [1.29, 1.82) is 0 Å². The summed E-state index contributed by atoms with van der Waals surface area (Å²) in [7, 11) is 2.01. The first-order valence-corrected chi connectivity index (χ1v) is 8.38. The van der Waals surface area contributed by atoms with Crippen LogP contribution in [-0.4, -0.2) is 9.68 Å². The van der Waals surface area contributed by atoms with Crippen LogP contribution < -0.4 is 0 Å². The van der Waals surface area contributed by atoms with E-state index in [1.54, 1.807) is 0 Å². The van der Waals surface area contributed by atoms with Gasteiger partial charge in [-0.15, -0.1) is 0 Å². The highest BCUT2D eigenvalue weighted by Crippen LogP contribution is 2.48. The van der Waals surface area contributed by atoms with Gasteiger partial charge in [0.25, 0.3) is 0 Å². The van der Waals surface area contributed by atoms with Gasteiger partial charge in [-0.2, -0.15) is 0 Å². The number of nitrogens with zero attached hydrogens (tertiary/aromatic N) is 1. The largest absolute Gasteiger partial charge is 0.338 e. The molecule has 0 spiro atoms. The topological polar surface area (TPSA) is 22.0 Å². The first-order valence-electron chi connectivity index (χ1n) is 7.19. The van der Waals surface area contributed by atoms with Crippen molar-refractivity contribution >= 4 is 39.4 Å². The third-order valence-corrected chi connectivity index (χ3v) is 5.69. The van der Waals surface area contributed by atoms with Crippen LogP contribution in [0.25, 0.3) is 10.9 Å². The van der Waals surface area contributed by atoms with Crippen LogP contribution in [0, 0.1) is 0 Å². The Morgan fingerprint density at radius 2 is 1.91 bits per heavy atom. The van der Waals surface area contributed by atoms with Crippen LogP contribution in [0.4, 0.5) is 0 Å². The number of hydrogen-bond acceptors (Lipinski definition) is 2.